The number of methoxy groups -OCH3 is 1. The number of amides is 1. The average molecular weight is 295 g/mol. The summed E-state index contributed by atoms with van der Waals surface area (Å²) in [5.41, 5.74) is 0.724. The zero-order valence-corrected chi connectivity index (χ0v) is 13.0. The van der Waals surface area contributed by atoms with E-state index in [-0.39, 0.29) is 6.61 Å². The molecule has 2 N–H and O–H groups in total. The van der Waals surface area contributed by atoms with Gasteiger partial charge in [0.15, 0.2) is 0 Å². The van der Waals surface area contributed by atoms with Crippen LogP contribution in [0.2, 0.25) is 0 Å². The average Bonchev–Trinajstić information content (AvgIpc) is 2.53. The molecule has 0 unspecified atom stereocenters. The second-order valence-electron chi connectivity index (χ2n) is 4.92. The van der Waals surface area contributed by atoms with Crippen LogP contribution in [0.1, 0.15) is 38.3 Å². The van der Waals surface area contributed by atoms with E-state index in [2.05, 4.69) is 19.2 Å². The summed E-state index contributed by atoms with van der Waals surface area (Å²) in [5, 5.41) is 11.9. The summed E-state index contributed by atoms with van der Waals surface area (Å²) in [5.74, 6) is 1.85. The van der Waals surface area contributed by atoms with Crippen LogP contribution in [0, 0.1) is 5.92 Å². The largest absolute Gasteiger partial charge is 0.496 e. The molecule has 0 aromatic heterocycles. The predicted molar refractivity (Wildman–Crippen MR) is 81.6 cm³/mol. The normalized spacial score (nSPS) is 12.0. The van der Waals surface area contributed by atoms with Crippen molar-refractivity contribution in [3.8, 4) is 11.5 Å². The minimum atomic E-state index is -0.481. The molecule has 0 radical (unpaired) electrons. The Kier molecular flexibility index (Phi) is 7.61. The molecule has 1 atom stereocenters. The third-order valence-corrected chi connectivity index (χ3v) is 3.67. The monoisotopic (exact) mass is 295 g/mol. The summed E-state index contributed by atoms with van der Waals surface area (Å²) in [6, 6.07) is 4.94. The molecule has 0 saturated carbocycles. The van der Waals surface area contributed by atoms with E-state index in [1.165, 1.54) is 0 Å². The number of carbonyl (C=O) groups excluding carboxylic acids is 1. The van der Waals surface area contributed by atoms with E-state index < -0.39 is 6.04 Å². The molecule has 1 aromatic carbocycles. The van der Waals surface area contributed by atoms with E-state index in [0.717, 1.165) is 24.2 Å². The van der Waals surface area contributed by atoms with Gasteiger partial charge in [0, 0.05) is 11.6 Å². The first-order chi connectivity index (χ1) is 10.2. The lowest BCUT2D eigenvalue weighted by molar-refractivity contribution is -0.110. The minimum absolute atomic E-state index is 0.191. The molecule has 5 nitrogen and oxygen atoms in total. The van der Waals surface area contributed by atoms with Crippen molar-refractivity contribution < 1.29 is 19.4 Å². The standard InChI is InChI=1S/C16H25NO4/c1-4-12(5-2)10-21-13-6-7-14(16(8-13)20-3)15(9-18)17-11-19/h6-8,11-12,15,18H,4-5,9-10H2,1-3H3,(H,17,19)/t15-/m0/s1. The minimum Gasteiger partial charge on any atom is -0.496 e. The Labute approximate surface area is 126 Å². The smallest absolute Gasteiger partial charge is 0.207 e. The van der Waals surface area contributed by atoms with Gasteiger partial charge in [-0.3, -0.25) is 4.79 Å². The number of hydrogen-bond donors (Lipinski definition) is 2. The highest BCUT2D eigenvalue weighted by molar-refractivity contribution is 5.50. The van der Waals surface area contributed by atoms with E-state index in [9.17, 15) is 9.90 Å². The highest BCUT2D eigenvalue weighted by Crippen LogP contribution is 2.29. The van der Waals surface area contributed by atoms with E-state index in [1.807, 2.05) is 6.07 Å². The lowest BCUT2D eigenvalue weighted by Crippen LogP contribution is -2.23. The van der Waals surface area contributed by atoms with Gasteiger partial charge in [-0.05, 0) is 18.1 Å². The van der Waals surface area contributed by atoms with Crippen LogP contribution >= 0.6 is 0 Å². The Morgan fingerprint density at radius 3 is 2.57 bits per heavy atom. The van der Waals surface area contributed by atoms with Crippen molar-refractivity contribution in [1.29, 1.82) is 0 Å². The van der Waals surface area contributed by atoms with Crippen LogP contribution in [0.5, 0.6) is 11.5 Å². The fraction of sp³-hybridized carbons (Fsp3) is 0.562. The first kappa shape index (κ1) is 17.3. The summed E-state index contributed by atoms with van der Waals surface area (Å²) >= 11 is 0. The van der Waals surface area contributed by atoms with Crippen LogP contribution in [0.3, 0.4) is 0 Å². The van der Waals surface area contributed by atoms with Crippen molar-refractivity contribution in [1.82, 2.24) is 5.32 Å². The van der Waals surface area contributed by atoms with Crippen LogP contribution in [0.4, 0.5) is 0 Å². The summed E-state index contributed by atoms with van der Waals surface area (Å²) in [7, 11) is 1.55. The second kappa shape index (κ2) is 9.23. The molecule has 1 aromatic rings. The van der Waals surface area contributed by atoms with Crippen molar-refractivity contribution in [2.24, 2.45) is 5.92 Å². The molecule has 0 fully saturated rings. The van der Waals surface area contributed by atoms with Crippen molar-refractivity contribution in [2.75, 3.05) is 20.3 Å². The highest BCUT2D eigenvalue weighted by atomic mass is 16.5. The molecule has 0 aliphatic rings. The topological polar surface area (TPSA) is 67.8 Å². The number of carbonyl (C=O) groups is 1. The van der Waals surface area contributed by atoms with E-state index in [1.54, 1.807) is 19.2 Å². The highest BCUT2D eigenvalue weighted by Gasteiger charge is 2.15. The Bertz CT molecular complexity index is 432. The fourth-order valence-electron chi connectivity index (χ4n) is 2.13. The molecule has 1 amide bonds. The maximum atomic E-state index is 10.6. The predicted octanol–water partition coefficient (Wildman–Crippen LogP) is 2.29. The summed E-state index contributed by atoms with van der Waals surface area (Å²) in [4.78, 5) is 10.6. The number of aliphatic hydroxyl groups excluding tert-OH is 1. The van der Waals surface area contributed by atoms with Gasteiger partial charge < -0.3 is 19.9 Å². The van der Waals surface area contributed by atoms with Gasteiger partial charge >= 0.3 is 0 Å². The third kappa shape index (κ3) is 4.93. The van der Waals surface area contributed by atoms with Gasteiger partial charge in [0.2, 0.25) is 6.41 Å². The number of aliphatic hydroxyl groups is 1. The van der Waals surface area contributed by atoms with Crippen molar-refractivity contribution in [3.63, 3.8) is 0 Å². The van der Waals surface area contributed by atoms with E-state index >= 15 is 0 Å². The number of ether oxygens (including phenoxy) is 2. The van der Waals surface area contributed by atoms with Gasteiger partial charge in [-0.2, -0.15) is 0 Å². The Balaban J connectivity index is 2.84. The van der Waals surface area contributed by atoms with E-state index in [4.69, 9.17) is 9.47 Å². The molecule has 0 spiro atoms. The number of benzene rings is 1. The zero-order chi connectivity index (χ0) is 15.7. The molecule has 0 saturated heterocycles. The summed E-state index contributed by atoms with van der Waals surface area (Å²) in [6.45, 7) is 4.78. The number of nitrogens with one attached hydrogen (secondary N) is 1. The molecule has 5 heteroatoms. The molecule has 118 valence electrons. The summed E-state index contributed by atoms with van der Waals surface area (Å²) in [6.07, 6.45) is 2.74. The van der Waals surface area contributed by atoms with Crippen molar-refractivity contribution in [2.45, 2.75) is 32.7 Å². The third-order valence-electron chi connectivity index (χ3n) is 3.67. The van der Waals surface area contributed by atoms with Gasteiger partial charge in [0.25, 0.3) is 0 Å². The van der Waals surface area contributed by atoms with Crippen LogP contribution < -0.4 is 14.8 Å². The number of hydrogen-bond acceptors (Lipinski definition) is 4. The molecular weight excluding hydrogens is 270 g/mol. The van der Waals surface area contributed by atoms with Crippen LogP contribution in [-0.2, 0) is 4.79 Å². The fourth-order valence-corrected chi connectivity index (χ4v) is 2.13. The Morgan fingerprint density at radius 2 is 2.05 bits per heavy atom. The van der Waals surface area contributed by atoms with Gasteiger partial charge in [-0.25, -0.2) is 0 Å². The maximum Gasteiger partial charge on any atom is 0.207 e. The van der Waals surface area contributed by atoms with Crippen LogP contribution in [0.25, 0.3) is 0 Å². The molecule has 1 rings (SSSR count). The Hall–Kier alpha value is -1.75. The first-order valence-electron chi connectivity index (χ1n) is 7.31. The lowest BCUT2D eigenvalue weighted by atomic mass is 10.0. The van der Waals surface area contributed by atoms with Crippen LogP contribution in [0.15, 0.2) is 18.2 Å². The van der Waals surface area contributed by atoms with Gasteiger partial charge in [-0.1, -0.05) is 26.7 Å². The molecule has 0 aliphatic carbocycles. The Morgan fingerprint density at radius 1 is 1.33 bits per heavy atom. The molecule has 0 heterocycles. The molecular formula is C16H25NO4. The van der Waals surface area contributed by atoms with Crippen molar-refractivity contribution >= 4 is 6.41 Å². The van der Waals surface area contributed by atoms with Gasteiger partial charge in [-0.15, -0.1) is 0 Å². The summed E-state index contributed by atoms with van der Waals surface area (Å²) < 4.78 is 11.1. The van der Waals surface area contributed by atoms with Crippen LogP contribution in [-0.4, -0.2) is 31.8 Å². The SMILES string of the molecule is CCC(CC)COc1ccc([C@H](CO)NC=O)c(OC)c1. The van der Waals surface area contributed by atoms with Crippen molar-refractivity contribution in [3.05, 3.63) is 23.8 Å². The molecule has 0 aliphatic heterocycles. The van der Waals surface area contributed by atoms with E-state index in [0.29, 0.717) is 24.7 Å². The maximum absolute atomic E-state index is 10.6. The first-order valence-corrected chi connectivity index (χ1v) is 7.31. The number of rotatable bonds is 10. The molecule has 0 bridgehead atoms. The van der Waals surface area contributed by atoms with Gasteiger partial charge in [0.05, 0.1) is 26.4 Å². The lowest BCUT2D eigenvalue weighted by Gasteiger charge is -2.19. The van der Waals surface area contributed by atoms with Gasteiger partial charge in [0.1, 0.15) is 11.5 Å². The second-order valence-corrected chi connectivity index (χ2v) is 4.92. The molecule has 21 heavy (non-hydrogen) atoms. The zero-order valence-electron chi connectivity index (χ0n) is 13.0. The quantitative estimate of drug-likeness (QED) is 0.650.